The number of amides is 1. The lowest BCUT2D eigenvalue weighted by atomic mass is 10.2. The van der Waals surface area contributed by atoms with E-state index in [4.69, 9.17) is 9.47 Å². The van der Waals surface area contributed by atoms with Gasteiger partial charge in [0, 0.05) is 14.9 Å². The first-order valence-electron chi connectivity index (χ1n) is 7.27. The molecule has 24 heavy (non-hydrogen) atoms. The second kappa shape index (κ2) is 7.72. The van der Waals surface area contributed by atoms with Crippen LogP contribution in [-0.2, 0) is 4.79 Å². The SMILES string of the molecule is C[C@@H](Sc1ccccc1)C(=O)N/N=C\c1cc2c(cc1Br)OCO2. The second-order valence-corrected chi connectivity index (χ2v) is 7.30. The third-order valence-corrected chi connectivity index (χ3v) is 5.09. The van der Waals surface area contributed by atoms with Crippen molar-refractivity contribution in [3.63, 3.8) is 0 Å². The molecule has 1 amide bonds. The van der Waals surface area contributed by atoms with Crippen molar-refractivity contribution in [1.82, 2.24) is 5.43 Å². The van der Waals surface area contributed by atoms with Crippen LogP contribution in [0.1, 0.15) is 12.5 Å². The van der Waals surface area contributed by atoms with Gasteiger partial charge in [-0.3, -0.25) is 4.79 Å². The van der Waals surface area contributed by atoms with E-state index in [0.717, 1.165) is 14.9 Å². The van der Waals surface area contributed by atoms with Crippen LogP contribution < -0.4 is 14.9 Å². The Bertz CT molecular complexity index is 768. The molecule has 7 heteroatoms. The number of rotatable bonds is 5. The average Bonchev–Trinajstić information content (AvgIpc) is 3.02. The van der Waals surface area contributed by atoms with Crippen LogP contribution >= 0.6 is 27.7 Å². The van der Waals surface area contributed by atoms with E-state index in [1.54, 1.807) is 6.21 Å². The Morgan fingerprint density at radius 3 is 2.75 bits per heavy atom. The summed E-state index contributed by atoms with van der Waals surface area (Å²) in [6, 6.07) is 13.4. The molecule has 5 nitrogen and oxygen atoms in total. The maximum Gasteiger partial charge on any atom is 0.253 e. The molecule has 0 bridgehead atoms. The molecule has 0 unspecified atom stereocenters. The number of hydrogen-bond donors (Lipinski definition) is 1. The Morgan fingerprint density at radius 1 is 1.29 bits per heavy atom. The fourth-order valence-electron chi connectivity index (χ4n) is 2.04. The van der Waals surface area contributed by atoms with Crippen LogP contribution in [0.4, 0.5) is 0 Å². The summed E-state index contributed by atoms with van der Waals surface area (Å²) in [4.78, 5) is 13.2. The number of nitrogens with zero attached hydrogens (tertiary/aromatic N) is 1. The van der Waals surface area contributed by atoms with Gasteiger partial charge in [0.1, 0.15) is 0 Å². The zero-order chi connectivity index (χ0) is 16.9. The Hall–Kier alpha value is -1.99. The van der Waals surface area contributed by atoms with E-state index >= 15 is 0 Å². The van der Waals surface area contributed by atoms with Crippen molar-refractivity contribution in [2.75, 3.05) is 6.79 Å². The first kappa shape index (κ1) is 16.9. The van der Waals surface area contributed by atoms with E-state index < -0.39 is 0 Å². The standard InChI is InChI=1S/C17H15BrN2O3S/c1-11(24-13-5-3-2-4-6-13)17(21)20-19-9-12-7-15-16(8-14(12)18)23-10-22-15/h2-9,11H,10H2,1H3,(H,20,21)/b19-9-/t11-/m1/s1. The maximum absolute atomic E-state index is 12.1. The fraction of sp³-hybridized carbons (Fsp3) is 0.176. The molecule has 1 aliphatic heterocycles. The Morgan fingerprint density at radius 2 is 2.00 bits per heavy atom. The highest BCUT2D eigenvalue weighted by Gasteiger charge is 2.16. The predicted octanol–water partition coefficient (Wildman–Crippen LogP) is 3.81. The summed E-state index contributed by atoms with van der Waals surface area (Å²) in [6.45, 7) is 2.06. The third kappa shape index (κ3) is 4.10. The lowest BCUT2D eigenvalue weighted by molar-refractivity contribution is -0.120. The van der Waals surface area contributed by atoms with Gasteiger partial charge < -0.3 is 9.47 Å². The highest BCUT2D eigenvalue weighted by atomic mass is 79.9. The number of hydrazone groups is 1. The van der Waals surface area contributed by atoms with Gasteiger partial charge in [-0.25, -0.2) is 5.43 Å². The zero-order valence-electron chi connectivity index (χ0n) is 12.9. The minimum Gasteiger partial charge on any atom is -0.454 e. The summed E-state index contributed by atoms with van der Waals surface area (Å²) < 4.78 is 11.4. The lowest BCUT2D eigenvalue weighted by Gasteiger charge is -2.09. The molecule has 0 saturated carbocycles. The molecular formula is C17H15BrN2O3S. The van der Waals surface area contributed by atoms with Crippen molar-refractivity contribution in [3.05, 3.63) is 52.5 Å². The van der Waals surface area contributed by atoms with Crippen LogP contribution in [-0.4, -0.2) is 24.2 Å². The summed E-state index contributed by atoms with van der Waals surface area (Å²) in [5.41, 5.74) is 3.36. The van der Waals surface area contributed by atoms with E-state index in [-0.39, 0.29) is 18.0 Å². The largest absolute Gasteiger partial charge is 0.454 e. The van der Waals surface area contributed by atoms with Crippen LogP contribution in [0.2, 0.25) is 0 Å². The molecule has 1 heterocycles. The highest BCUT2D eigenvalue weighted by molar-refractivity contribution is 9.10. The van der Waals surface area contributed by atoms with Gasteiger partial charge in [-0.1, -0.05) is 18.2 Å². The monoisotopic (exact) mass is 406 g/mol. The molecule has 0 radical (unpaired) electrons. The van der Waals surface area contributed by atoms with Crippen molar-refractivity contribution >= 4 is 39.8 Å². The highest BCUT2D eigenvalue weighted by Crippen LogP contribution is 2.36. The van der Waals surface area contributed by atoms with Gasteiger partial charge >= 0.3 is 0 Å². The third-order valence-electron chi connectivity index (χ3n) is 3.30. The molecule has 0 fully saturated rings. The minimum atomic E-state index is -0.246. The first-order chi connectivity index (χ1) is 11.6. The van der Waals surface area contributed by atoms with Crippen molar-refractivity contribution in [2.45, 2.75) is 17.1 Å². The fourth-order valence-corrected chi connectivity index (χ4v) is 3.35. The molecule has 124 valence electrons. The van der Waals surface area contributed by atoms with Gasteiger partial charge in [-0.15, -0.1) is 11.8 Å². The van der Waals surface area contributed by atoms with Gasteiger partial charge in [0.15, 0.2) is 11.5 Å². The van der Waals surface area contributed by atoms with Crippen molar-refractivity contribution in [2.24, 2.45) is 5.10 Å². The van der Waals surface area contributed by atoms with Crippen LogP contribution in [0.25, 0.3) is 0 Å². The minimum absolute atomic E-state index is 0.156. The number of hydrogen-bond acceptors (Lipinski definition) is 5. The summed E-state index contributed by atoms with van der Waals surface area (Å²) >= 11 is 4.93. The number of ether oxygens (including phenoxy) is 2. The van der Waals surface area contributed by atoms with Crippen LogP contribution in [0.15, 0.2) is 56.9 Å². The van der Waals surface area contributed by atoms with E-state index in [0.29, 0.717) is 11.5 Å². The maximum atomic E-state index is 12.1. The molecule has 1 atom stereocenters. The van der Waals surface area contributed by atoms with Gasteiger partial charge in [0.25, 0.3) is 5.91 Å². The number of carbonyl (C=O) groups is 1. The number of carbonyl (C=O) groups excluding carboxylic acids is 1. The van der Waals surface area contributed by atoms with Crippen LogP contribution in [0.5, 0.6) is 11.5 Å². The number of nitrogens with one attached hydrogen (secondary N) is 1. The normalized spacial score (nSPS) is 13.9. The molecule has 1 N–H and O–H groups in total. The summed E-state index contributed by atoms with van der Waals surface area (Å²) in [7, 11) is 0. The summed E-state index contributed by atoms with van der Waals surface area (Å²) in [6.07, 6.45) is 1.57. The molecule has 0 aromatic heterocycles. The van der Waals surface area contributed by atoms with E-state index in [9.17, 15) is 4.79 Å². The lowest BCUT2D eigenvalue weighted by Crippen LogP contribution is -2.26. The quantitative estimate of drug-likeness (QED) is 0.465. The molecular weight excluding hydrogens is 392 g/mol. The number of thioether (sulfide) groups is 1. The zero-order valence-corrected chi connectivity index (χ0v) is 15.3. The predicted molar refractivity (Wildman–Crippen MR) is 97.8 cm³/mol. The molecule has 2 aromatic rings. The Kier molecular flexibility index (Phi) is 5.42. The van der Waals surface area contributed by atoms with Crippen LogP contribution in [0, 0.1) is 0 Å². The van der Waals surface area contributed by atoms with E-state index in [1.807, 2.05) is 49.4 Å². The molecule has 0 saturated heterocycles. The molecule has 3 rings (SSSR count). The Labute approximate surface area is 152 Å². The second-order valence-electron chi connectivity index (χ2n) is 5.03. The van der Waals surface area contributed by atoms with E-state index in [2.05, 4.69) is 26.5 Å². The average molecular weight is 407 g/mol. The number of benzene rings is 2. The van der Waals surface area contributed by atoms with Gasteiger partial charge in [0.05, 0.1) is 11.5 Å². The molecule has 0 aliphatic carbocycles. The van der Waals surface area contributed by atoms with Gasteiger partial charge in [-0.2, -0.15) is 5.10 Å². The molecule has 1 aliphatic rings. The van der Waals surface area contributed by atoms with E-state index in [1.165, 1.54) is 11.8 Å². The van der Waals surface area contributed by atoms with Crippen LogP contribution in [0.3, 0.4) is 0 Å². The van der Waals surface area contributed by atoms with Crippen molar-refractivity contribution < 1.29 is 14.3 Å². The number of fused-ring (bicyclic) bond motifs is 1. The van der Waals surface area contributed by atoms with Gasteiger partial charge in [0.2, 0.25) is 6.79 Å². The Balaban J connectivity index is 1.59. The van der Waals surface area contributed by atoms with Crippen molar-refractivity contribution in [3.8, 4) is 11.5 Å². The van der Waals surface area contributed by atoms with Gasteiger partial charge in [-0.05, 0) is 47.1 Å². The summed E-state index contributed by atoms with van der Waals surface area (Å²) in [5.74, 6) is 1.20. The molecule has 0 spiro atoms. The summed E-state index contributed by atoms with van der Waals surface area (Å²) in [5, 5.41) is 3.78. The first-order valence-corrected chi connectivity index (χ1v) is 8.94. The van der Waals surface area contributed by atoms with Crippen molar-refractivity contribution in [1.29, 1.82) is 0 Å². The number of halogens is 1. The molecule has 2 aromatic carbocycles. The topological polar surface area (TPSA) is 59.9 Å². The smallest absolute Gasteiger partial charge is 0.253 e.